The Kier molecular flexibility index (Phi) is 6.47. The summed E-state index contributed by atoms with van der Waals surface area (Å²) in [5.41, 5.74) is 7.85. The number of unbranched alkanes of at least 4 members (excludes halogenated alkanes) is 1. The van der Waals surface area contributed by atoms with Gasteiger partial charge in [0.05, 0.1) is 6.61 Å². The van der Waals surface area contributed by atoms with Crippen LogP contribution in [0.2, 0.25) is 5.02 Å². The van der Waals surface area contributed by atoms with Crippen molar-refractivity contribution in [3.63, 3.8) is 0 Å². The van der Waals surface area contributed by atoms with Crippen LogP contribution in [0, 0.1) is 0 Å². The fraction of sp³-hybridized carbons (Fsp3) is 0.571. The highest BCUT2D eigenvalue weighted by atomic mass is 35.5. The lowest BCUT2D eigenvalue weighted by molar-refractivity contribution is 0.301. The number of aliphatic hydroxyl groups excluding tert-OH is 1. The fourth-order valence-electron chi connectivity index (χ4n) is 1.92. The minimum atomic E-state index is -0.0616. The average molecular weight is 271 g/mol. The number of aliphatic hydroxyl groups is 1. The Hall–Kier alpha value is -0.770. The zero-order chi connectivity index (χ0) is 13.5. The number of hydrogen-bond donors (Lipinski definition) is 2. The smallest absolute Gasteiger partial charge is 0.0606 e. The third-order valence-corrected chi connectivity index (χ3v) is 3.32. The summed E-state index contributed by atoms with van der Waals surface area (Å²) < 4.78 is 0. The summed E-state index contributed by atoms with van der Waals surface area (Å²) in [6, 6.07) is 5.87. The van der Waals surface area contributed by atoms with Gasteiger partial charge in [-0.3, -0.25) is 0 Å². The van der Waals surface area contributed by atoms with E-state index < -0.39 is 0 Å². The lowest BCUT2D eigenvalue weighted by atomic mass is 10.1. The maximum atomic E-state index is 9.11. The van der Waals surface area contributed by atoms with E-state index in [1.807, 2.05) is 25.1 Å². The molecule has 0 bridgehead atoms. The third kappa shape index (κ3) is 4.16. The van der Waals surface area contributed by atoms with Gasteiger partial charge < -0.3 is 15.7 Å². The van der Waals surface area contributed by atoms with Crippen LogP contribution >= 0.6 is 11.6 Å². The van der Waals surface area contributed by atoms with Gasteiger partial charge in [-0.1, -0.05) is 31.0 Å². The molecule has 0 aliphatic heterocycles. The molecule has 3 nitrogen and oxygen atoms in total. The number of nitrogens with two attached hydrogens (primary N) is 1. The second-order valence-electron chi connectivity index (χ2n) is 4.56. The van der Waals surface area contributed by atoms with Crippen molar-refractivity contribution < 1.29 is 5.11 Å². The minimum absolute atomic E-state index is 0.0616. The predicted octanol–water partition coefficient (Wildman–Crippen LogP) is 2.96. The normalized spacial score (nSPS) is 12.5. The van der Waals surface area contributed by atoms with Gasteiger partial charge >= 0.3 is 0 Å². The second kappa shape index (κ2) is 7.62. The van der Waals surface area contributed by atoms with E-state index in [1.54, 1.807) is 0 Å². The van der Waals surface area contributed by atoms with Crippen LogP contribution in [0.5, 0.6) is 0 Å². The molecule has 0 aromatic heterocycles. The number of benzene rings is 1. The molecular weight excluding hydrogens is 248 g/mol. The molecule has 0 heterocycles. The van der Waals surface area contributed by atoms with Crippen LogP contribution < -0.4 is 10.6 Å². The molecule has 1 aromatic rings. The van der Waals surface area contributed by atoms with Crippen molar-refractivity contribution in [1.82, 2.24) is 0 Å². The van der Waals surface area contributed by atoms with E-state index in [0.29, 0.717) is 11.6 Å². The molecule has 1 atom stereocenters. The van der Waals surface area contributed by atoms with E-state index in [2.05, 4.69) is 11.8 Å². The summed E-state index contributed by atoms with van der Waals surface area (Å²) in [6.45, 7) is 5.79. The van der Waals surface area contributed by atoms with Crippen LogP contribution in [-0.2, 0) is 0 Å². The molecule has 0 spiro atoms. The fourth-order valence-corrected chi connectivity index (χ4v) is 2.27. The van der Waals surface area contributed by atoms with Crippen LogP contribution in [0.4, 0.5) is 5.69 Å². The third-order valence-electron chi connectivity index (χ3n) is 2.99. The molecule has 4 heteroatoms. The molecule has 0 aliphatic rings. The van der Waals surface area contributed by atoms with Crippen molar-refractivity contribution in [2.45, 2.75) is 32.7 Å². The second-order valence-corrected chi connectivity index (χ2v) is 4.97. The maximum absolute atomic E-state index is 9.11. The van der Waals surface area contributed by atoms with E-state index in [1.165, 1.54) is 0 Å². The lowest BCUT2D eigenvalue weighted by Gasteiger charge is -2.24. The van der Waals surface area contributed by atoms with Crippen molar-refractivity contribution in [2.75, 3.05) is 24.6 Å². The summed E-state index contributed by atoms with van der Waals surface area (Å²) in [5.74, 6) is 0. The van der Waals surface area contributed by atoms with Gasteiger partial charge in [-0.25, -0.2) is 0 Å². The number of hydrogen-bond acceptors (Lipinski definition) is 3. The van der Waals surface area contributed by atoms with Gasteiger partial charge in [0, 0.05) is 29.8 Å². The summed E-state index contributed by atoms with van der Waals surface area (Å²) in [7, 11) is 0. The maximum Gasteiger partial charge on any atom is 0.0606 e. The first-order valence-corrected chi connectivity index (χ1v) is 6.88. The van der Waals surface area contributed by atoms with Crippen molar-refractivity contribution in [1.29, 1.82) is 0 Å². The molecule has 0 fully saturated rings. The number of halogens is 1. The van der Waals surface area contributed by atoms with E-state index in [9.17, 15) is 0 Å². The van der Waals surface area contributed by atoms with Crippen molar-refractivity contribution >= 4 is 17.3 Å². The Bertz CT molecular complexity index is 369. The van der Waals surface area contributed by atoms with Crippen molar-refractivity contribution in [3.8, 4) is 0 Å². The first kappa shape index (κ1) is 15.3. The molecule has 0 amide bonds. The van der Waals surface area contributed by atoms with Crippen LogP contribution in [-0.4, -0.2) is 24.8 Å². The highest BCUT2D eigenvalue weighted by molar-refractivity contribution is 6.31. The van der Waals surface area contributed by atoms with Crippen molar-refractivity contribution in [2.24, 2.45) is 5.73 Å². The molecule has 1 rings (SSSR count). The highest BCUT2D eigenvalue weighted by Crippen LogP contribution is 2.27. The molecule has 1 unspecified atom stereocenters. The predicted molar refractivity (Wildman–Crippen MR) is 78.3 cm³/mol. The quantitative estimate of drug-likeness (QED) is 0.801. The average Bonchev–Trinajstić information content (AvgIpc) is 2.33. The molecule has 102 valence electrons. The summed E-state index contributed by atoms with van der Waals surface area (Å²) in [5, 5.41) is 9.81. The van der Waals surface area contributed by atoms with Gasteiger partial charge in [0.1, 0.15) is 0 Å². The lowest BCUT2D eigenvalue weighted by Crippen LogP contribution is -2.27. The highest BCUT2D eigenvalue weighted by Gasteiger charge is 2.10. The molecule has 0 saturated carbocycles. The first-order valence-electron chi connectivity index (χ1n) is 6.51. The molecule has 0 saturated heterocycles. The first-order chi connectivity index (χ1) is 8.60. The SMILES string of the molecule is CCCCN(CCO)c1ccc(C(C)N)c(Cl)c1. The van der Waals surface area contributed by atoms with Gasteiger partial charge in [-0.05, 0) is 31.0 Å². The molecule has 0 aliphatic carbocycles. The monoisotopic (exact) mass is 270 g/mol. The topological polar surface area (TPSA) is 49.5 Å². The van der Waals surface area contributed by atoms with E-state index >= 15 is 0 Å². The van der Waals surface area contributed by atoms with Gasteiger partial charge in [-0.2, -0.15) is 0 Å². The Labute approximate surface area is 115 Å². The number of nitrogens with zero attached hydrogens (tertiary/aromatic N) is 1. The zero-order valence-corrected chi connectivity index (χ0v) is 12.0. The van der Waals surface area contributed by atoms with Crippen LogP contribution in [0.15, 0.2) is 18.2 Å². The van der Waals surface area contributed by atoms with E-state index in [0.717, 1.165) is 30.6 Å². The van der Waals surface area contributed by atoms with Gasteiger partial charge in [0.2, 0.25) is 0 Å². The van der Waals surface area contributed by atoms with Crippen LogP contribution in [0.25, 0.3) is 0 Å². The Balaban J connectivity index is 2.88. The molecule has 18 heavy (non-hydrogen) atoms. The largest absolute Gasteiger partial charge is 0.395 e. The van der Waals surface area contributed by atoms with Crippen LogP contribution in [0.3, 0.4) is 0 Å². The van der Waals surface area contributed by atoms with E-state index in [4.69, 9.17) is 22.4 Å². The van der Waals surface area contributed by atoms with Crippen molar-refractivity contribution in [3.05, 3.63) is 28.8 Å². The standard InChI is InChI=1S/C14H23ClN2O/c1-3-4-7-17(8-9-18)12-5-6-13(11(2)16)14(15)10-12/h5-6,10-11,18H,3-4,7-9,16H2,1-2H3. The number of rotatable bonds is 7. The summed E-state index contributed by atoms with van der Waals surface area (Å²) >= 11 is 6.23. The zero-order valence-electron chi connectivity index (χ0n) is 11.2. The molecular formula is C14H23ClN2O. The Morgan fingerprint density at radius 3 is 2.61 bits per heavy atom. The summed E-state index contributed by atoms with van der Waals surface area (Å²) in [6.07, 6.45) is 2.24. The molecule has 0 radical (unpaired) electrons. The Morgan fingerprint density at radius 1 is 1.39 bits per heavy atom. The molecule has 3 N–H and O–H groups in total. The molecule has 1 aromatic carbocycles. The van der Waals surface area contributed by atoms with Gasteiger partial charge in [-0.15, -0.1) is 0 Å². The minimum Gasteiger partial charge on any atom is -0.395 e. The van der Waals surface area contributed by atoms with Gasteiger partial charge in [0.15, 0.2) is 0 Å². The number of anilines is 1. The van der Waals surface area contributed by atoms with Gasteiger partial charge in [0.25, 0.3) is 0 Å². The summed E-state index contributed by atoms with van der Waals surface area (Å²) in [4.78, 5) is 2.15. The van der Waals surface area contributed by atoms with E-state index in [-0.39, 0.29) is 12.6 Å². The Morgan fingerprint density at radius 2 is 2.11 bits per heavy atom. The van der Waals surface area contributed by atoms with Crippen LogP contribution in [0.1, 0.15) is 38.3 Å².